The molecule has 19 heavy (non-hydrogen) atoms. The molecule has 0 aromatic carbocycles. The topological polar surface area (TPSA) is 0 Å². The average Bonchev–Trinajstić information content (AvgIpc) is 2.67. The molecule has 0 aliphatic heterocycles. The van der Waals surface area contributed by atoms with Gasteiger partial charge < -0.3 is 0 Å². The van der Waals surface area contributed by atoms with Gasteiger partial charge in [0.05, 0.1) is 16.1 Å². The Balaban J connectivity index is 3.24. The minimum absolute atomic E-state index is 0.592. The van der Waals surface area contributed by atoms with Crippen molar-refractivity contribution in [1.29, 1.82) is 0 Å². The maximum Gasteiger partial charge on any atom is 0.0854 e. The van der Waals surface area contributed by atoms with Crippen LogP contribution in [0.2, 0.25) is 39.3 Å². The van der Waals surface area contributed by atoms with Crippen LogP contribution in [0.1, 0.15) is 12.8 Å². The van der Waals surface area contributed by atoms with Gasteiger partial charge in [0, 0.05) is 5.92 Å². The zero-order valence-electron chi connectivity index (χ0n) is 13.0. The molecule has 0 spiro atoms. The van der Waals surface area contributed by atoms with E-state index in [0.29, 0.717) is 5.92 Å². The van der Waals surface area contributed by atoms with Gasteiger partial charge in [-0.2, -0.15) is 0 Å². The van der Waals surface area contributed by atoms with E-state index in [1.54, 1.807) is 17.6 Å². The molecule has 0 amide bonds. The van der Waals surface area contributed by atoms with Crippen molar-refractivity contribution >= 4 is 61.3 Å². The highest BCUT2D eigenvalue weighted by molar-refractivity contribution is 14.1. The summed E-state index contributed by atoms with van der Waals surface area (Å²) in [6.07, 6.45) is 4.61. The molecule has 1 aliphatic carbocycles. The Labute approximate surface area is 148 Å². The third-order valence-corrected chi connectivity index (χ3v) is 18.0. The predicted octanol–water partition coefficient (Wildman–Crippen LogP) is 6.72. The van der Waals surface area contributed by atoms with Gasteiger partial charge in [-0.05, 0) is 19.2 Å². The second-order valence-corrected chi connectivity index (χ2v) is 21.7. The lowest BCUT2D eigenvalue weighted by molar-refractivity contribution is 0.830. The summed E-state index contributed by atoms with van der Waals surface area (Å²) in [5.74, 6) is 0.592. The van der Waals surface area contributed by atoms with Crippen molar-refractivity contribution in [3.63, 3.8) is 0 Å². The first-order valence-electron chi connectivity index (χ1n) is 6.88. The van der Waals surface area contributed by atoms with Crippen molar-refractivity contribution in [3.8, 4) is 0 Å². The molecule has 0 heterocycles. The Morgan fingerprint density at radius 3 is 1.89 bits per heavy atom. The summed E-state index contributed by atoms with van der Waals surface area (Å²) in [7, 11) is -2.35. The minimum Gasteiger partial charge on any atom is -0.102 e. The van der Waals surface area contributed by atoms with Crippen LogP contribution in [-0.2, 0) is 0 Å². The van der Waals surface area contributed by atoms with E-state index in [-0.39, 0.29) is 0 Å². The summed E-state index contributed by atoms with van der Waals surface area (Å²) < 4.78 is 3.36. The summed E-state index contributed by atoms with van der Waals surface area (Å²) in [5, 5.41) is 0. The number of hydrogen-bond acceptors (Lipinski definition) is 0. The molecule has 1 fully saturated rings. The van der Waals surface area contributed by atoms with E-state index in [9.17, 15) is 0 Å². The lowest BCUT2D eigenvalue weighted by Gasteiger charge is -2.20. The van der Waals surface area contributed by atoms with Crippen LogP contribution in [0.25, 0.3) is 0 Å². The number of halogens is 2. The molecule has 108 valence electrons. The fraction of sp³-hybridized carbons (Fsp3) is 0.600. The lowest BCUT2D eigenvalue weighted by Crippen LogP contribution is -2.22. The molecule has 1 unspecified atom stereocenters. The van der Waals surface area contributed by atoms with Gasteiger partial charge in [-0.1, -0.05) is 102 Å². The fourth-order valence-corrected chi connectivity index (χ4v) is 5.96. The van der Waals surface area contributed by atoms with Gasteiger partial charge in [-0.15, -0.1) is 6.58 Å². The van der Waals surface area contributed by atoms with Crippen LogP contribution in [0.3, 0.4) is 0 Å². The highest BCUT2D eigenvalue weighted by atomic mass is 127. The van der Waals surface area contributed by atoms with Crippen LogP contribution in [0.4, 0.5) is 0 Å². The van der Waals surface area contributed by atoms with Crippen LogP contribution >= 0.6 is 45.2 Å². The third-order valence-electron chi connectivity index (χ3n) is 3.51. The Morgan fingerprint density at radius 2 is 1.53 bits per heavy atom. The van der Waals surface area contributed by atoms with Crippen molar-refractivity contribution in [3.05, 3.63) is 30.2 Å². The average molecular weight is 516 g/mol. The molecule has 0 nitrogen and oxygen atoms in total. The number of rotatable bonds is 3. The largest absolute Gasteiger partial charge is 0.102 e. The summed E-state index contributed by atoms with van der Waals surface area (Å²) in [6, 6.07) is 0. The van der Waals surface area contributed by atoms with Gasteiger partial charge in [0.2, 0.25) is 0 Å². The normalized spacial score (nSPS) is 26.4. The van der Waals surface area contributed by atoms with Crippen molar-refractivity contribution in [1.82, 2.24) is 0 Å². The molecule has 1 aliphatic rings. The minimum atomic E-state index is -1.19. The first-order valence-corrected chi connectivity index (χ1v) is 16.0. The Morgan fingerprint density at radius 1 is 1.05 bits per heavy atom. The van der Waals surface area contributed by atoms with E-state index in [4.69, 9.17) is 0 Å². The quantitative estimate of drug-likeness (QED) is 0.222. The van der Waals surface area contributed by atoms with Crippen molar-refractivity contribution in [2.45, 2.75) is 52.1 Å². The van der Waals surface area contributed by atoms with Crippen molar-refractivity contribution in [2.75, 3.05) is 0 Å². The molecular weight excluding hydrogens is 490 g/mol. The maximum atomic E-state index is 4.08. The van der Waals surface area contributed by atoms with E-state index >= 15 is 0 Å². The van der Waals surface area contributed by atoms with Gasteiger partial charge in [0.15, 0.2) is 0 Å². The molecule has 4 heteroatoms. The third kappa shape index (κ3) is 4.54. The summed E-state index contributed by atoms with van der Waals surface area (Å²) in [4.78, 5) is 0. The number of allylic oxidation sites excluding steroid dienone is 3. The Bertz CT molecular complexity index is 434. The molecular formula is C15H26I2Si2. The first kappa shape index (κ1) is 18.2. The zero-order chi connectivity index (χ0) is 15.0. The summed E-state index contributed by atoms with van der Waals surface area (Å²) >= 11 is 5.25. The monoisotopic (exact) mass is 516 g/mol. The van der Waals surface area contributed by atoms with Gasteiger partial charge >= 0.3 is 0 Å². The predicted molar refractivity (Wildman–Crippen MR) is 112 cm³/mol. The van der Waals surface area contributed by atoms with E-state index in [1.807, 2.05) is 0 Å². The zero-order valence-corrected chi connectivity index (χ0v) is 19.3. The molecule has 0 N–H and O–H groups in total. The van der Waals surface area contributed by atoms with Gasteiger partial charge in [-0.25, -0.2) is 0 Å². The molecule has 1 atom stereocenters. The highest BCUT2D eigenvalue weighted by Gasteiger charge is 2.32. The molecule has 1 saturated carbocycles. The molecule has 0 aromatic rings. The molecule has 1 rings (SSSR count). The second kappa shape index (κ2) is 6.48. The molecule has 0 bridgehead atoms. The molecule has 0 aromatic heterocycles. The first-order chi connectivity index (χ1) is 8.48. The number of hydrogen-bond donors (Lipinski definition) is 0. The molecule has 0 radical (unpaired) electrons. The van der Waals surface area contributed by atoms with Crippen LogP contribution in [0.15, 0.2) is 30.2 Å². The summed E-state index contributed by atoms with van der Waals surface area (Å²) in [6.45, 7) is 18.8. The highest BCUT2D eigenvalue weighted by Crippen LogP contribution is 2.45. The van der Waals surface area contributed by atoms with Gasteiger partial charge in [0.25, 0.3) is 0 Å². The van der Waals surface area contributed by atoms with Crippen LogP contribution in [0, 0.1) is 5.92 Å². The lowest BCUT2D eigenvalue weighted by atomic mass is 10.1. The Hall–Kier alpha value is 1.11. The second-order valence-electron chi connectivity index (χ2n) is 7.48. The van der Waals surface area contributed by atoms with Crippen LogP contribution < -0.4 is 0 Å². The Kier molecular flexibility index (Phi) is 6.19. The standard InChI is InChI=1S/C15H26I2Si2/c1-8-11-9-12(14(16)18(2,3)4)10-13(11)15(17)19(5,6)7/h8,11H,1,9-10H2,2-7H3/b14-12-,15-13+. The van der Waals surface area contributed by atoms with E-state index in [2.05, 4.69) is 97.1 Å². The summed E-state index contributed by atoms with van der Waals surface area (Å²) in [5.41, 5.74) is 3.38. The van der Waals surface area contributed by atoms with Crippen LogP contribution in [0.5, 0.6) is 0 Å². The maximum absolute atomic E-state index is 4.08. The van der Waals surface area contributed by atoms with E-state index in [0.717, 1.165) is 0 Å². The van der Waals surface area contributed by atoms with E-state index in [1.165, 1.54) is 12.8 Å². The van der Waals surface area contributed by atoms with Crippen molar-refractivity contribution < 1.29 is 0 Å². The fourth-order valence-electron chi connectivity index (χ4n) is 2.47. The van der Waals surface area contributed by atoms with E-state index < -0.39 is 16.1 Å². The molecule has 0 saturated heterocycles. The smallest absolute Gasteiger partial charge is 0.0854 e. The SMILES string of the molecule is C=CC1C/C(=C(\I)[Si](C)(C)C)C/C1=C(/I)[Si](C)(C)C. The van der Waals surface area contributed by atoms with Gasteiger partial charge in [0.1, 0.15) is 0 Å². The van der Waals surface area contributed by atoms with Crippen LogP contribution in [-0.4, -0.2) is 16.1 Å². The van der Waals surface area contributed by atoms with Crippen molar-refractivity contribution in [2.24, 2.45) is 5.92 Å². The van der Waals surface area contributed by atoms with Gasteiger partial charge in [-0.3, -0.25) is 0 Å².